The molecule has 2 aliphatic heterocycles. The lowest BCUT2D eigenvalue weighted by Gasteiger charge is -2.32. The number of aromatic nitrogens is 1. The molecule has 0 spiro atoms. The third-order valence-electron chi connectivity index (χ3n) is 6.93. The van der Waals surface area contributed by atoms with Crippen LogP contribution < -0.4 is 10.2 Å². The van der Waals surface area contributed by atoms with Crippen molar-refractivity contribution in [3.05, 3.63) is 59.3 Å². The molecule has 3 heterocycles. The van der Waals surface area contributed by atoms with Crippen LogP contribution >= 0.6 is 0 Å². The average Bonchev–Trinajstić information content (AvgIpc) is 3.21. The number of H-pyrrole nitrogens is 1. The molecule has 2 N–H and O–H groups in total. The first-order valence-corrected chi connectivity index (χ1v) is 11.6. The van der Waals surface area contributed by atoms with Crippen LogP contribution in [0, 0.1) is 5.92 Å². The molecule has 1 fully saturated rings. The monoisotopic (exact) mass is 446 g/mol. The van der Waals surface area contributed by atoms with Gasteiger partial charge >= 0.3 is 12.0 Å². The van der Waals surface area contributed by atoms with E-state index in [1.165, 1.54) is 20.0 Å². The van der Waals surface area contributed by atoms with Crippen LogP contribution in [-0.4, -0.2) is 48.6 Å². The van der Waals surface area contributed by atoms with Gasteiger partial charge in [0.2, 0.25) is 0 Å². The lowest BCUT2D eigenvalue weighted by Crippen LogP contribution is -2.38. The molecule has 5 rings (SSSR count). The molecular formula is C26H30N4O3. The van der Waals surface area contributed by atoms with Crippen molar-refractivity contribution in [3.63, 3.8) is 0 Å². The van der Waals surface area contributed by atoms with E-state index in [1.807, 2.05) is 29.2 Å². The summed E-state index contributed by atoms with van der Waals surface area (Å²) in [6.45, 7) is 5.56. The number of hydrogen-bond donors (Lipinski definition) is 2. The molecule has 172 valence electrons. The van der Waals surface area contributed by atoms with E-state index in [2.05, 4.69) is 34.3 Å². The summed E-state index contributed by atoms with van der Waals surface area (Å²) in [6, 6.07) is 13.5. The summed E-state index contributed by atoms with van der Waals surface area (Å²) in [5.74, 6) is 0.418. The molecule has 2 aliphatic rings. The number of hydrogen-bond acceptors (Lipinski definition) is 4. The number of anilines is 2. The van der Waals surface area contributed by atoms with Gasteiger partial charge in [0.25, 0.3) is 0 Å². The second kappa shape index (κ2) is 8.81. The van der Waals surface area contributed by atoms with Gasteiger partial charge < -0.3 is 24.8 Å². The Labute approximate surface area is 193 Å². The Balaban J connectivity index is 1.31. The summed E-state index contributed by atoms with van der Waals surface area (Å²) < 4.78 is 4.86. The van der Waals surface area contributed by atoms with Crippen LogP contribution in [0.2, 0.25) is 0 Å². The summed E-state index contributed by atoms with van der Waals surface area (Å²) in [5.41, 5.74) is 5.64. The highest BCUT2D eigenvalue weighted by atomic mass is 16.5. The molecule has 1 aromatic heterocycles. The maximum Gasteiger partial charge on any atom is 0.337 e. The van der Waals surface area contributed by atoms with E-state index < -0.39 is 0 Å². The Morgan fingerprint density at radius 1 is 1.09 bits per heavy atom. The first-order valence-electron chi connectivity index (χ1n) is 11.6. The summed E-state index contributed by atoms with van der Waals surface area (Å²) in [5, 5.41) is 4.05. The second-order valence-corrected chi connectivity index (χ2v) is 9.16. The summed E-state index contributed by atoms with van der Waals surface area (Å²) in [6.07, 6.45) is 3.15. The fraction of sp³-hybridized carbons (Fsp3) is 0.385. The van der Waals surface area contributed by atoms with Crippen LogP contribution in [0.25, 0.3) is 10.9 Å². The van der Waals surface area contributed by atoms with E-state index in [1.54, 1.807) is 6.07 Å². The SMILES string of the molecule is COC(=O)c1ccc2[nH]c3c(c2c1)CN(C(=O)Nc1cccc(N2CCC(C)CC2)c1)CC3. The van der Waals surface area contributed by atoms with Crippen molar-refractivity contribution in [1.82, 2.24) is 9.88 Å². The minimum atomic E-state index is -0.361. The molecule has 3 aromatic rings. The number of amides is 2. The lowest BCUT2D eigenvalue weighted by atomic mass is 9.99. The number of rotatable bonds is 3. The van der Waals surface area contributed by atoms with Crippen LogP contribution in [0.15, 0.2) is 42.5 Å². The minimum absolute atomic E-state index is 0.108. The smallest absolute Gasteiger partial charge is 0.337 e. The zero-order chi connectivity index (χ0) is 22.9. The largest absolute Gasteiger partial charge is 0.465 e. The number of piperidine rings is 1. The Hall–Kier alpha value is -3.48. The molecule has 0 bridgehead atoms. The average molecular weight is 447 g/mol. The van der Waals surface area contributed by atoms with Crippen molar-refractivity contribution in [2.45, 2.75) is 32.7 Å². The number of esters is 1. The zero-order valence-corrected chi connectivity index (χ0v) is 19.2. The number of fused-ring (bicyclic) bond motifs is 3. The van der Waals surface area contributed by atoms with Gasteiger partial charge in [-0.3, -0.25) is 0 Å². The minimum Gasteiger partial charge on any atom is -0.465 e. The maximum absolute atomic E-state index is 13.1. The molecule has 2 aromatic carbocycles. The first-order chi connectivity index (χ1) is 16.0. The van der Waals surface area contributed by atoms with E-state index in [0.717, 1.165) is 59.0 Å². The van der Waals surface area contributed by atoms with Gasteiger partial charge in [0.15, 0.2) is 0 Å². The van der Waals surface area contributed by atoms with Crippen LogP contribution in [-0.2, 0) is 17.7 Å². The maximum atomic E-state index is 13.1. The van der Waals surface area contributed by atoms with E-state index in [4.69, 9.17) is 4.74 Å². The van der Waals surface area contributed by atoms with Crippen molar-refractivity contribution < 1.29 is 14.3 Å². The molecule has 0 radical (unpaired) electrons. The highest BCUT2D eigenvalue weighted by molar-refractivity contribution is 5.96. The fourth-order valence-corrected chi connectivity index (χ4v) is 4.88. The van der Waals surface area contributed by atoms with Crippen molar-refractivity contribution in [2.24, 2.45) is 5.92 Å². The van der Waals surface area contributed by atoms with Crippen molar-refractivity contribution in [2.75, 3.05) is 37.0 Å². The third-order valence-corrected chi connectivity index (χ3v) is 6.93. The second-order valence-electron chi connectivity index (χ2n) is 9.16. The summed E-state index contributed by atoms with van der Waals surface area (Å²) in [4.78, 5) is 32.7. The predicted octanol–water partition coefficient (Wildman–Crippen LogP) is 4.78. The van der Waals surface area contributed by atoms with Crippen LogP contribution in [0.5, 0.6) is 0 Å². The number of ether oxygens (including phenoxy) is 1. The number of carbonyl (C=O) groups is 2. The number of aromatic amines is 1. The van der Waals surface area contributed by atoms with Crippen LogP contribution in [0.4, 0.5) is 16.2 Å². The number of benzene rings is 2. The Kier molecular flexibility index (Phi) is 5.70. The molecule has 0 unspecified atom stereocenters. The third kappa shape index (κ3) is 4.27. The standard InChI is InChI=1S/C26H30N4O3/c1-17-8-11-29(12-9-17)20-5-3-4-19(15-20)27-26(32)30-13-10-24-22(16-30)21-14-18(25(31)33-2)6-7-23(21)28-24/h3-7,14-15,17,28H,8-13,16H2,1-2H3,(H,27,32). The Bertz CT molecular complexity index is 1190. The van der Waals surface area contributed by atoms with Gasteiger partial charge in [-0.15, -0.1) is 0 Å². The molecular weight excluding hydrogens is 416 g/mol. The first kappa shape index (κ1) is 21.4. The van der Waals surface area contributed by atoms with Crippen molar-refractivity contribution >= 4 is 34.3 Å². The Morgan fingerprint density at radius 3 is 2.70 bits per heavy atom. The summed E-state index contributed by atoms with van der Waals surface area (Å²) in [7, 11) is 1.38. The van der Waals surface area contributed by atoms with Gasteiger partial charge in [-0.2, -0.15) is 0 Å². The highest BCUT2D eigenvalue weighted by Gasteiger charge is 2.25. The van der Waals surface area contributed by atoms with Crippen LogP contribution in [0.3, 0.4) is 0 Å². The van der Waals surface area contributed by atoms with Gasteiger partial charge in [-0.1, -0.05) is 13.0 Å². The number of urea groups is 1. The van der Waals surface area contributed by atoms with E-state index in [0.29, 0.717) is 18.7 Å². The zero-order valence-electron chi connectivity index (χ0n) is 19.2. The van der Waals surface area contributed by atoms with E-state index in [-0.39, 0.29) is 12.0 Å². The topological polar surface area (TPSA) is 77.7 Å². The predicted molar refractivity (Wildman–Crippen MR) is 130 cm³/mol. The number of carbonyl (C=O) groups excluding carboxylic acids is 2. The quantitative estimate of drug-likeness (QED) is 0.568. The molecule has 7 heteroatoms. The molecule has 0 aliphatic carbocycles. The fourth-order valence-electron chi connectivity index (χ4n) is 4.88. The van der Waals surface area contributed by atoms with Gasteiger partial charge in [0.1, 0.15) is 0 Å². The van der Waals surface area contributed by atoms with E-state index >= 15 is 0 Å². The van der Waals surface area contributed by atoms with Crippen molar-refractivity contribution in [3.8, 4) is 0 Å². The van der Waals surface area contributed by atoms with Gasteiger partial charge in [0, 0.05) is 66.1 Å². The molecule has 1 saturated heterocycles. The molecule has 0 saturated carbocycles. The normalized spacial score (nSPS) is 16.5. The van der Waals surface area contributed by atoms with Gasteiger partial charge in [-0.25, -0.2) is 9.59 Å². The number of methoxy groups -OCH3 is 1. The molecule has 7 nitrogen and oxygen atoms in total. The Morgan fingerprint density at radius 2 is 1.91 bits per heavy atom. The van der Waals surface area contributed by atoms with Gasteiger partial charge in [-0.05, 0) is 55.2 Å². The van der Waals surface area contributed by atoms with Gasteiger partial charge in [0.05, 0.1) is 12.7 Å². The molecule has 33 heavy (non-hydrogen) atoms. The van der Waals surface area contributed by atoms with E-state index in [9.17, 15) is 9.59 Å². The number of nitrogens with zero attached hydrogens (tertiary/aromatic N) is 2. The summed E-state index contributed by atoms with van der Waals surface area (Å²) >= 11 is 0. The molecule has 2 amide bonds. The van der Waals surface area contributed by atoms with Crippen molar-refractivity contribution in [1.29, 1.82) is 0 Å². The lowest BCUT2D eigenvalue weighted by molar-refractivity contribution is 0.0601. The highest BCUT2D eigenvalue weighted by Crippen LogP contribution is 2.30. The molecule has 0 atom stereocenters. The van der Waals surface area contributed by atoms with Crippen LogP contribution in [0.1, 0.15) is 41.4 Å². The number of nitrogens with one attached hydrogen (secondary N) is 2.